The maximum atomic E-state index is 11.3. The van der Waals surface area contributed by atoms with Crippen molar-refractivity contribution < 1.29 is 145 Å². The van der Waals surface area contributed by atoms with Gasteiger partial charge in [-0.3, -0.25) is 19.2 Å². The second-order valence-electron chi connectivity index (χ2n) is 7.47. The molecule has 0 aliphatic carbocycles. The predicted octanol–water partition coefficient (Wildman–Crippen LogP) is 3.38. The first-order valence-corrected chi connectivity index (χ1v) is 12.0. The zero-order valence-electron chi connectivity index (χ0n) is 22.4. The summed E-state index contributed by atoms with van der Waals surface area (Å²) in [4.78, 5) is 44.7. The van der Waals surface area contributed by atoms with E-state index >= 15 is 0 Å². The van der Waals surface area contributed by atoms with E-state index in [0.717, 1.165) is 25.7 Å². The Bertz CT molecular complexity index is 539. The van der Waals surface area contributed by atoms with E-state index in [9.17, 15) is 19.2 Å². The van der Waals surface area contributed by atoms with E-state index in [1.54, 1.807) is 0 Å². The summed E-state index contributed by atoms with van der Waals surface area (Å²) in [5.74, 6) is -1.08. The van der Waals surface area contributed by atoms with Gasteiger partial charge in [0, 0.05) is 138 Å². The molecule has 10 nitrogen and oxygen atoms in total. The Kier molecular flexibility index (Phi) is 39.3. The summed E-state index contributed by atoms with van der Waals surface area (Å²) in [5.41, 5.74) is 0. The maximum Gasteiger partial charge on any atom is 0.306 e. The fourth-order valence-corrected chi connectivity index (χ4v) is 2.32. The number of carbonyl (C=O) groups is 4. The average molecular weight is 755 g/mol. The van der Waals surface area contributed by atoms with Gasteiger partial charge in [-0.1, -0.05) is 27.7 Å². The van der Waals surface area contributed by atoms with Crippen molar-refractivity contribution in [3.05, 3.63) is 0 Å². The third-order valence-electron chi connectivity index (χ3n) is 4.09. The van der Waals surface area contributed by atoms with Gasteiger partial charge in [-0.2, -0.15) is 0 Å². The van der Waals surface area contributed by atoms with Crippen LogP contribution in [-0.2, 0) is 47.6 Å². The molecule has 0 aliphatic rings. The maximum absolute atomic E-state index is 11.3. The van der Waals surface area contributed by atoms with Crippen molar-refractivity contribution in [3.8, 4) is 0 Å². The summed E-state index contributed by atoms with van der Waals surface area (Å²) >= 11 is 0. The molecular formula is C24H44O10Xe2. The molecule has 12 heteroatoms. The van der Waals surface area contributed by atoms with Gasteiger partial charge in [0.1, 0.15) is 25.9 Å². The van der Waals surface area contributed by atoms with Crippen molar-refractivity contribution in [2.45, 2.75) is 91.3 Å². The Morgan fingerprint density at radius 1 is 0.528 bits per heavy atom. The van der Waals surface area contributed by atoms with Gasteiger partial charge in [-0.25, -0.2) is 0 Å². The second-order valence-corrected chi connectivity index (χ2v) is 7.47. The minimum Gasteiger partial charge on any atom is -0.463 e. The SMILES string of the molecule is CCCC(=O)OCC(COC(=O)CCC)OC.CCCC(=O)OCC(COC)OC(=O)CCC.[Xe].[Xe]. The monoisotopic (exact) mass is 756 g/mol. The summed E-state index contributed by atoms with van der Waals surface area (Å²) in [5, 5.41) is 0. The van der Waals surface area contributed by atoms with Gasteiger partial charge >= 0.3 is 23.9 Å². The Morgan fingerprint density at radius 2 is 0.861 bits per heavy atom. The van der Waals surface area contributed by atoms with E-state index in [1.165, 1.54) is 14.2 Å². The molecule has 1 atom stereocenters. The van der Waals surface area contributed by atoms with Gasteiger partial charge in [-0.15, -0.1) is 0 Å². The van der Waals surface area contributed by atoms with E-state index in [4.69, 9.17) is 28.4 Å². The number of methoxy groups -OCH3 is 2. The molecule has 0 aliphatic heterocycles. The van der Waals surface area contributed by atoms with Crippen LogP contribution < -0.4 is 0 Å². The Morgan fingerprint density at radius 3 is 1.17 bits per heavy atom. The number of ether oxygens (including phenoxy) is 6. The molecule has 0 bridgehead atoms. The summed E-state index contributed by atoms with van der Waals surface area (Å²) in [6, 6.07) is 0. The summed E-state index contributed by atoms with van der Waals surface area (Å²) < 4.78 is 30.0. The van der Waals surface area contributed by atoms with Crippen molar-refractivity contribution >= 4 is 23.9 Å². The van der Waals surface area contributed by atoms with Crippen LogP contribution in [0.15, 0.2) is 0 Å². The van der Waals surface area contributed by atoms with Gasteiger partial charge in [0.05, 0.1) is 6.61 Å². The largest absolute Gasteiger partial charge is 0.463 e. The standard InChI is InChI=1S/2C12H22O5.2Xe/c1-4-6-11(13)16-8-10(15-3)9-17-12(14)7-5-2;1-4-6-11(13)16-9-10(8-15-3)17-12(14)7-5-2;;/h2*10H,4-9H2,1-3H3;;. The first-order chi connectivity index (χ1) is 16.3. The number of carbonyl (C=O) groups excluding carboxylic acids is 4. The minimum absolute atomic E-state index is 0. The van der Waals surface area contributed by atoms with Crippen molar-refractivity contribution in [1.82, 2.24) is 0 Å². The molecule has 0 amide bonds. The van der Waals surface area contributed by atoms with Crippen LogP contribution in [0.1, 0.15) is 79.1 Å². The van der Waals surface area contributed by atoms with Gasteiger partial charge in [0.15, 0.2) is 6.10 Å². The number of rotatable bonds is 18. The zero-order valence-corrected chi connectivity index (χ0v) is 26.5. The third kappa shape index (κ3) is 29.5. The molecular weight excluding hydrogens is 711 g/mol. The molecule has 0 N–H and O–H groups in total. The Labute approximate surface area is 297 Å². The molecule has 0 radical (unpaired) electrons. The van der Waals surface area contributed by atoms with Crippen LogP contribution in [-0.4, -0.2) is 76.7 Å². The van der Waals surface area contributed by atoms with Gasteiger partial charge in [0.25, 0.3) is 0 Å². The minimum atomic E-state index is -0.514. The molecule has 36 heavy (non-hydrogen) atoms. The van der Waals surface area contributed by atoms with Crippen molar-refractivity contribution in [2.24, 2.45) is 0 Å². The van der Waals surface area contributed by atoms with Crippen molar-refractivity contribution in [2.75, 3.05) is 40.6 Å². The fourth-order valence-electron chi connectivity index (χ4n) is 2.32. The fraction of sp³-hybridized carbons (Fsp3) is 0.833. The molecule has 0 spiro atoms. The molecule has 216 valence electrons. The number of hydrogen-bond donors (Lipinski definition) is 0. The third-order valence-corrected chi connectivity index (χ3v) is 4.09. The van der Waals surface area contributed by atoms with Crippen LogP contribution in [0.4, 0.5) is 0 Å². The van der Waals surface area contributed by atoms with Crippen molar-refractivity contribution in [3.63, 3.8) is 0 Å². The van der Waals surface area contributed by atoms with Crippen LogP contribution in [0.5, 0.6) is 0 Å². The Balaban J connectivity index is -0.000000269. The quantitative estimate of drug-likeness (QED) is 0.152. The van der Waals surface area contributed by atoms with E-state index in [0.29, 0.717) is 25.7 Å². The molecule has 0 aromatic rings. The van der Waals surface area contributed by atoms with Gasteiger partial charge in [-0.05, 0) is 25.7 Å². The van der Waals surface area contributed by atoms with Crippen molar-refractivity contribution in [1.29, 1.82) is 0 Å². The number of esters is 4. The molecule has 0 fully saturated rings. The molecule has 0 aromatic carbocycles. The predicted molar refractivity (Wildman–Crippen MR) is 125 cm³/mol. The van der Waals surface area contributed by atoms with E-state index in [1.807, 2.05) is 27.7 Å². The van der Waals surface area contributed by atoms with Crippen LogP contribution in [0.25, 0.3) is 0 Å². The van der Waals surface area contributed by atoms with E-state index in [2.05, 4.69) is 0 Å². The molecule has 1 unspecified atom stereocenters. The van der Waals surface area contributed by atoms with Crippen LogP contribution in [0.2, 0.25) is 0 Å². The van der Waals surface area contributed by atoms with Crippen LogP contribution in [0.3, 0.4) is 0 Å². The molecule has 0 rings (SSSR count). The zero-order chi connectivity index (χ0) is 26.2. The van der Waals surface area contributed by atoms with Gasteiger partial charge < -0.3 is 28.4 Å². The van der Waals surface area contributed by atoms with Crippen LogP contribution >= 0.6 is 0 Å². The summed E-state index contributed by atoms with van der Waals surface area (Å²) in [7, 11) is 3.00. The van der Waals surface area contributed by atoms with Gasteiger partial charge in [0.2, 0.25) is 0 Å². The normalized spacial score (nSPS) is 10.5. The van der Waals surface area contributed by atoms with E-state index < -0.39 is 12.2 Å². The molecule has 0 heterocycles. The summed E-state index contributed by atoms with van der Waals surface area (Å²) in [6.07, 6.45) is 3.60. The molecule has 0 aromatic heterocycles. The summed E-state index contributed by atoms with van der Waals surface area (Å²) in [6.45, 7) is 8.13. The van der Waals surface area contributed by atoms with Crippen LogP contribution in [0, 0.1) is 97.8 Å². The molecule has 0 saturated heterocycles. The smallest absolute Gasteiger partial charge is 0.306 e. The topological polar surface area (TPSA) is 124 Å². The Hall–Kier alpha value is 0.943. The van der Waals surface area contributed by atoms with E-state index in [-0.39, 0.29) is 148 Å². The first-order valence-electron chi connectivity index (χ1n) is 12.0. The number of hydrogen-bond acceptors (Lipinski definition) is 10. The first kappa shape index (κ1) is 44.0. The second kappa shape index (κ2) is 32.2. The molecule has 0 saturated carbocycles. The average Bonchev–Trinajstić information content (AvgIpc) is 2.79.